The largest absolute Gasteiger partial charge is 0.497 e. The van der Waals surface area contributed by atoms with Crippen LogP contribution in [0.3, 0.4) is 0 Å². The Bertz CT molecular complexity index is 963. The van der Waals surface area contributed by atoms with Crippen LogP contribution in [0.25, 0.3) is 11.6 Å². The molecule has 4 nitrogen and oxygen atoms in total. The van der Waals surface area contributed by atoms with Gasteiger partial charge in [0.15, 0.2) is 0 Å². The smallest absolute Gasteiger partial charge is 0.252 e. The highest BCUT2D eigenvalue weighted by Gasteiger charge is 2.12. The third-order valence-electron chi connectivity index (χ3n) is 4.42. The Morgan fingerprint density at radius 3 is 2.38 bits per heavy atom. The number of methoxy groups -OCH3 is 1. The van der Waals surface area contributed by atoms with Crippen LogP contribution in [0.2, 0.25) is 0 Å². The minimum atomic E-state index is -0.131. The Balaban J connectivity index is 1.81. The highest BCUT2D eigenvalue weighted by Crippen LogP contribution is 2.21. The lowest BCUT2D eigenvalue weighted by atomic mass is 10.0. The topological polar surface area (TPSA) is 47.6 Å². The maximum absolute atomic E-state index is 13.0. The zero-order valence-corrected chi connectivity index (χ0v) is 16.7. The quantitative estimate of drug-likeness (QED) is 0.439. The predicted molar refractivity (Wildman–Crippen MR) is 117 cm³/mol. The van der Waals surface area contributed by atoms with E-state index in [4.69, 9.17) is 9.47 Å². The molecule has 3 aromatic carbocycles. The van der Waals surface area contributed by atoms with E-state index < -0.39 is 0 Å². The molecule has 0 atom stereocenters. The van der Waals surface area contributed by atoms with Gasteiger partial charge >= 0.3 is 0 Å². The van der Waals surface area contributed by atoms with Gasteiger partial charge in [0.1, 0.15) is 11.5 Å². The molecule has 0 aliphatic heterocycles. The molecule has 1 amide bonds. The van der Waals surface area contributed by atoms with Crippen molar-refractivity contribution in [2.75, 3.05) is 13.7 Å². The number of carbonyl (C=O) groups excluding carboxylic acids is 1. The fourth-order valence-corrected chi connectivity index (χ4v) is 2.95. The van der Waals surface area contributed by atoms with Crippen molar-refractivity contribution in [2.45, 2.75) is 13.5 Å². The number of rotatable bonds is 8. The van der Waals surface area contributed by atoms with Gasteiger partial charge in [-0.05, 0) is 54.0 Å². The number of carbonyl (C=O) groups is 1. The van der Waals surface area contributed by atoms with Gasteiger partial charge in [0.05, 0.1) is 13.7 Å². The maximum Gasteiger partial charge on any atom is 0.252 e. The number of benzene rings is 3. The van der Waals surface area contributed by atoms with Gasteiger partial charge in [-0.15, -0.1) is 0 Å². The minimum absolute atomic E-state index is 0.131. The molecule has 3 aromatic rings. The molecule has 0 bridgehead atoms. The van der Waals surface area contributed by atoms with Gasteiger partial charge in [-0.2, -0.15) is 0 Å². The number of hydrogen-bond acceptors (Lipinski definition) is 3. The van der Waals surface area contributed by atoms with Crippen LogP contribution in [0.15, 0.2) is 78.9 Å². The Labute approximate surface area is 171 Å². The summed E-state index contributed by atoms with van der Waals surface area (Å²) < 4.78 is 10.7. The summed E-state index contributed by atoms with van der Waals surface area (Å²) in [7, 11) is 1.63. The fraction of sp³-hybridized carbons (Fsp3) is 0.160. The molecular weight excluding hydrogens is 362 g/mol. The zero-order chi connectivity index (χ0) is 20.5. The molecular formula is C25H25NO3. The molecule has 0 aliphatic rings. The summed E-state index contributed by atoms with van der Waals surface area (Å²) >= 11 is 0. The Kier molecular flexibility index (Phi) is 7.06. The molecule has 1 N–H and O–H groups in total. The van der Waals surface area contributed by atoms with E-state index in [-0.39, 0.29) is 5.91 Å². The first-order valence-corrected chi connectivity index (χ1v) is 9.60. The van der Waals surface area contributed by atoms with E-state index in [2.05, 4.69) is 5.32 Å². The normalized spacial score (nSPS) is 11.0. The van der Waals surface area contributed by atoms with Gasteiger partial charge in [-0.3, -0.25) is 4.79 Å². The van der Waals surface area contributed by atoms with Gasteiger partial charge < -0.3 is 14.8 Å². The first kappa shape index (κ1) is 20.2. The summed E-state index contributed by atoms with van der Waals surface area (Å²) in [5.74, 6) is 1.45. The first-order valence-electron chi connectivity index (χ1n) is 9.60. The maximum atomic E-state index is 13.0. The molecule has 0 aromatic heterocycles. The molecule has 29 heavy (non-hydrogen) atoms. The standard InChI is InChI=1S/C25H25NO3/c1-3-29-23-11-7-8-20(16-23)18-26-25(27)24(21-9-5-4-6-10-21)17-19-12-14-22(28-2)15-13-19/h4-17H,3,18H2,1-2H3,(H,26,27)/b24-17+. The Hall–Kier alpha value is -3.53. The predicted octanol–water partition coefficient (Wildman–Crippen LogP) is 4.95. The number of ether oxygens (including phenoxy) is 2. The highest BCUT2D eigenvalue weighted by atomic mass is 16.5. The van der Waals surface area contributed by atoms with Crippen LogP contribution in [0, 0.1) is 0 Å². The highest BCUT2D eigenvalue weighted by molar-refractivity contribution is 6.24. The van der Waals surface area contributed by atoms with Crippen molar-refractivity contribution in [3.63, 3.8) is 0 Å². The first-order chi connectivity index (χ1) is 14.2. The van der Waals surface area contributed by atoms with E-state index in [9.17, 15) is 4.79 Å². The van der Waals surface area contributed by atoms with Gasteiger partial charge in [0.2, 0.25) is 0 Å². The monoisotopic (exact) mass is 387 g/mol. The second-order valence-corrected chi connectivity index (χ2v) is 6.46. The molecule has 0 unspecified atom stereocenters. The van der Waals surface area contributed by atoms with Crippen molar-refractivity contribution >= 4 is 17.6 Å². The molecule has 0 radical (unpaired) electrons. The van der Waals surface area contributed by atoms with Crippen molar-refractivity contribution in [2.24, 2.45) is 0 Å². The third kappa shape index (κ3) is 5.72. The summed E-state index contributed by atoms with van der Waals surface area (Å²) in [5.41, 5.74) is 3.39. The average Bonchev–Trinajstić information content (AvgIpc) is 2.77. The molecule has 0 saturated heterocycles. The van der Waals surface area contributed by atoms with Crippen molar-refractivity contribution in [3.8, 4) is 11.5 Å². The summed E-state index contributed by atoms with van der Waals surface area (Å²) in [6.45, 7) is 2.98. The van der Waals surface area contributed by atoms with E-state index in [0.717, 1.165) is 28.2 Å². The zero-order valence-electron chi connectivity index (χ0n) is 16.7. The van der Waals surface area contributed by atoms with Crippen molar-refractivity contribution in [3.05, 3.63) is 95.6 Å². The van der Waals surface area contributed by atoms with E-state index in [1.807, 2.05) is 91.9 Å². The van der Waals surface area contributed by atoms with Crippen LogP contribution in [-0.2, 0) is 11.3 Å². The summed E-state index contributed by atoms with van der Waals surface area (Å²) in [6.07, 6.45) is 1.89. The van der Waals surface area contributed by atoms with Gasteiger partial charge in [0, 0.05) is 12.1 Å². The lowest BCUT2D eigenvalue weighted by Gasteiger charge is -2.11. The van der Waals surface area contributed by atoms with Crippen molar-refractivity contribution in [1.29, 1.82) is 0 Å². The molecule has 0 saturated carbocycles. The number of hydrogen-bond donors (Lipinski definition) is 1. The molecule has 148 valence electrons. The summed E-state index contributed by atoms with van der Waals surface area (Å²) in [4.78, 5) is 13.0. The lowest BCUT2D eigenvalue weighted by molar-refractivity contribution is -0.115. The minimum Gasteiger partial charge on any atom is -0.497 e. The van der Waals surface area contributed by atoms with Gasteiger partial charge in [-0.25, -0.2) is 0 Å². The molecule has 0 aliphatic carbocycles. The Morgan fingerprint density at radius 1 is 0.931 bits per heavy atom. The molecule has 3 rings (SSSR count). The Morgan fingerprint density at radius 2 is 1.69 bits per heavy atom. The van der Waals surface area contributed by atoms with Crippen LogP contribution < -0.4 is 14.8 Å². The lowest BCUT2D eigenvalue weighted by Crippen LogP contribution is -2.23. The molecule has 0 spiro atoms. The van der Waals surface area contributed by atoms with Crippen LogP contribution in [0.1, 0.15) is 23.6 Å². The van der Waals surface area contributed by atoms with E-state index in [1.165, 1.54) is 0 Å². The van der Waals surface area contributed by atoms with Crippen LogP contribution >= 0.6 is 0 Å². The van der Waals surface area contributed by atoms with Crippen molar-refractivity contribution in [1.82, 2.24) is 5.32 Å². The van der Waals surface area contributed by atoms with Crippen molar-refractivity contribution < 1.29 is 14.3 Å². The number of nitrogens with one attached hydrogen (secondary N) is 1. The van der Waals surface area contributed by atoms with E-state index >= 15 is 0 Å². The fourth-order valence-electron chi connectivity index (χ4n) is 2.95. The van der Waals surface area contributed by atoms with E-state index in [0.29, 0.717) is 18.7 Å². The molecule has 0 heterocycles. The van der Waals surface area contributed by atoms with E-state index in [1.54, 1.807) is 7.11 Å². The number of amides is 1. The van der Waals surface area contributed by atoms with Crippen LogP contribution in [-0.4, -0.2) is 19.6 Å². The SMILES string of the molecule is CCOc1cccc(CNC(=O)/C(=C/c2ccc(OC)cc2)c2ccccc2)c1. The summed E-state index contributed by atoms with van der Waals surface area (Å²) in [5, 5.41) is 3.02. The third-order valence-corrected chi connectivity index (χ3v) is 4.42. The second-order valence-electron chi connectivity index (χ2n) is 6.46. The molecule has 4 heteroatoms. The summed E-state index contributed by atoms with van der Waals surface area (Å²) in [6, 6.07) is 25.0. The van der Waals surface area contributed by atoms with Crippen LogP contribution in [0.4, 0.5) is 0 Å². The van der Waals surface area contributed by atoms with Crippen LogP contribution in [0.5, 0.6) is 11.5 Å². The molecule has 0 fully saturated rings. The average molecular weight is 387 g/mol. The van der Waals surface area contributed by atoms with Gasteiger partial charge in [0.25, 0.3) is 5.91 Å². The second kappa shape index (κ2) is 10.1. The van der Waals surface area contributed by atoms with Gasteiger partial charge in [-0.1, -0.05) is 54.6 Å².